The van der Waals surface area contributed by atoms with E-state index >= 15 is 0 Å². The van der Waals surface area contributed by atoms with E-state index in [1.165, 1.54) is 12.7 Å². The molecule has 0 unspecified atom stereocenters. The summed E-state index contributed by atoms with van der Waals surface area (Å²) in [4.78, 5) is 3.61. The lowest BCUT2D eigenvalue weighted by Gasteiger charge is -2.21. The van der Waals surface area contributed by atoms with Crippen molar-refractivity contribution in [3.05, 3.63) is 12.7 Å². The second-order valence-electron chi connectivity index (χ2n) is 2.53. The average Bonchev–Trinajstić information content (AvgIpc) is 2.39. The molecule has 1 heterocycles. The first-order chi connectivity index (χ1) is 5.14. The maximum absolute atomic E-state index is 5.45. The third-order valence-corrected chi connectivity index (χ3v) is 2.32. The molecule has 62 valence electrons. The molecule has 4 heteroatoms. The molecule has 11 heavy (non-hydrogen) atoms. The van der Waals surface area contributed by atoms with Gasteiger partial charge in [-0.2, -0.15) is 4.98 Å². The number of aromatic nitrogens is 1. The Morgan fingerprint density at radius 1 is 1.64 bits per heavy atom. The Bertz CT molecular complexity index is 208. The zero-order valence-electron chi connectivity index (χ0n) is 6.83. The first-order valence-corrected chi connectivity index (χ1v) is 4.49. The number of thioether (sulfide) groups is 1. The van der Waals surface area contributed by atoms with E-state index < -0.39 is 0 Å². The zero-order valence-corrected chi connectivity index (χ0v) is 7.64. The highest BCUT2D eigenvalue weighted by Gasteiger charge is 2.18. The molecule has 0 N–H and O–H groups in total. The minimum Gasteiger partial charge on any atom is -0.458 e. The van der Waals surface area contributed by atoms with Gasteiger partial charge in [0.25, 0.3) is 5.88 Å². The Kier molecular flexibility index (Phi) is 2.44. The molecule has 1 aromatic rings. The van der Waals surface area contributed by atoms with Crippen LogP contribution in [0, 0.1) is 0 Å². The van der Waals surface area contributed by atoms with Crippen LogP contribution in [0.15, 0.2) is 17.1 Å². The SMILES string of the molecule is CSC(C)(C)Oc1cocn1. The van der Waals surface area contributed by atoms with Crippen LogP contribution < -0.4 is 4.74 Å². The van der Waals surface area contributed by atoms with Crippen molar-refractivity contribution in [2.75, 3.05) is 6.26 Å². The lowest BCUT2D eigenvalue weighted by atomic mass is 10.5. The van der Waals surface area contributed by atoms with E-state index in [9.17, 15) is 0 Å². The summed E-state index contributed by atoms with van der Waals surface area (Å²) in [7, 11) is 0. The summed E-state index contributed by atoms with van der Waals surface area (Å²) in [6.07, 6.45) is 4.82. The number of nitrogens with zero attached hydrogens (tertiary/aromatic N) is 1. The molecule has 0 aromatic carbocycles. The predicted molar refractivity (Wildman–Crippen MR) is 44.7 cm³/mol. The van der Waals surface area contributed by atoms with Crippen LogP contribution in [0.25, 0.3) is 0 Å². The number of hydrogen-bond donors (Lipinski definition) is 0. The molecular formula is C7H11NO2S. The number of rotatable bonds is 3. The van der Waals surface area contributed by atoms with Crippen molar-refractivity contribution in [3.63, 3.8) is 0 Å². The molecule has 0 aliphatic rings. The van der Waals surface area contributed by atoms with E-state index in [-0.39, 0.29) is 4.93 Å². The van der Waals surface area contributed by atoms with Crippen molar-refractivity contribution in [3.8, 4) is 5.88 Å². The second kappa shape index (κ2) is 3.17. The summed E-state index contributed by atoms with van der Waals surface area (Å²) in [6.45, 7) is 3.96. The van der Waals surface area contributed by atoms with Gasteiger partial charge in [0, 0.05) is 0 Å². The maximum atomic E-state index is 5.45. The third-order valence-electron chi connectivity index (χ3n) is 1.25. The molecular weight excluding hydrogens is 162 g/mol. The molecule has 0 bridgehead atoms. The van der Waals surface area contributed by atoms with Crippen LogP contribution in [0.3, 0.4) is 0 Å². The van der Waals surface area contributed by atoms with Crippen LogP contribution in [0.1, 0.15) is 13.8 Å². The molecule has 0 saturated heterocycles. The summed E-state index contributed by atoms with van der Waals surface area (Å²) in [6, 6.07) is 0. The highest BCUT2D eigenvalue weighted by Crippen LogP contribution is 2.24. The molecule has 0 aliphatic carbocycles. The highest BCUT2D eigenvalue weighted by molar-refractivity contribution is 7.99. The van der Waals surface area contributed by atoms with Gasteiger partial charge >= 0.3 is 0 Å². The van der Waals surface area contributed by atoms with Gasteiger partial charge < -0.3 is 9.15 Å². The fraction of sp³-hybridized carbons (Fsp3) is 0.571. The zero-order chi connectivity index (χ0) is 8.32. The molecule has 0 amide bonds. The van der Waals surface area contributed by atoms with Crippen molar-refractivity contribution in [2.24, 2.45) is 0 Å². The van der Waals surface area contributed by atoms with Crippen LogP contribution in [0.5, 0.6) is 5.88 Å². The fourth-order valence-corrected chi connectivity index (χ4v) is 0.714. The molecule has 0 fully saturated rings. The predicted octanol–water partition coefficient (Wildman–Crippen LogP) is 2.15. The van der Waals surface area contributed by atoms with Gasteiger partial charge in [-0.25, -0.2) is 0 Å². The Balaban J connectivity index is 2.56. The molecule has 3 nitrogen and oxygen atoms in total. The van der Waals surface area contributed by atoms with E-state index in [0.29, 0.717) is 5.88 Å². The summed E-state index contributed by atoms with van der Waals surface area (Å²) in [5, 5.41) is 0. The van der Waals surface area contributed by atoms with Crippen molar-refractivity contribution >= 4 is 11.8 Å². The van der Waals surface area contributed by atoms with Gasteiger partial charge in [0.2, 0.25) is 0 Å². The lowest BCUT2D eigenvalue weighted by Crippen LogP contribution is -2.22. The van der Waals surface area contributed by atoms with E-state index in [4.69, 9.17) is 9.15 Å². The topological polar surface area (TPSA) is 35.3 Å². The second-order valence-corrected chi connectivity index (χ2v) is 3.92. The molecule has 1 aromatic heterocycles. The molecule has 0 atom stereocenters. The maximum Gasteiger partial charge on any atom is 0.254 e. The Labute approximate surface area is 70.1 Å². The normalized spacial score (nSPS) is 11.5. The molecule has 0 radical (unpaired) electrons. The number of hydrogen-bond acceptors (Lipinski definition) is 4. The van der Waals surface area contributed by atoms with Crippen LogP contribution >= 0.6 is 11.8 Å². The van der Waals surface area contributed by atoms with Gasteiger partial charge in [-0.15, -0.1) is 11.8 Å². The largest absolute Gasteiger partial charge is 0.458 e. The van der Waals surface area contributed by atoms with Crippen molar-refractivity contribution in [1.82, 2.24) is 4.98 Å². The van der Waals surface area contributed by atoms with E-state index in [1.807, 2.05) is 20.1 Å². The van der Waals surface area contributed by atoms with Crippen molar-refractivity contribution in [1.29, 1.82) is 0 Å². The van der Waals surface area contributed by atoms with Crippen LogP contribution in [0.4, 0.5) is 0 Å². The van der Waals surface area contributed by atoms with Gasteiger partial charge in [0.15, 0.2) is 17.6 Å². The Morgan fingerprint density at radius 3 is 2.82 bits per heavy atom. The van der Waals surface area contributed by atoms with Gasteiger partial charge in [-0.05, 0) is 20.1 Å². The summed E-state index contributed by atoms with van der Waals surface area (Å²) >= 11 is 1.62. The monoisotopic (exact) mass is 173 g/mol. The molecule has 1 rings (SSSR count). The van der Waals surface area contributed by atoms with Crippen molar-refractivity contribution < 1.29 is 9.15 Å². The minimum absolute atomic E-state index is 0.239. The van der Waals surface area contributed by atoms with Crippen LogP contribution in [0.2, 0.25) is 0 Å². The lowest BCUT2D eigenvalue weighted by molar-refractivity contribution is 0.198. The summed E-state index contributed by atoms with van der Waals surface area (Å²) in [5.41, 5.74) is 0. The minimum atomic E-state index is -0.239. The van der Waals surface area contributed by atoms with Gasteiger partial charge in [0.1, 0.15) is 0 Å². The van der Waals surface area contributed by atoms with Gasteiger partial charge in [-0.1, -0.05) is 0 Å². The fourth-order valence-electron chi connectivity index (χ4n) is 0.545. The number of oxazole rings is 1. The standard InChI is InChI=1S/C7H11NO2S/c1-7(2,11-3)10-6-4-9-5-8-6/h4-5H,1-3H3. The van der Waals surface area contributed by atoms with Crippen molar-refractivity contribution in [2.45, 2.75) is 18.8 Å². The van der Waals surface area contributed by atoms with Crippen LogP contribution in [-0.2, 0) is 0 Å². The van der Waals surface area contributed by atoms with Gasteiger partial charge in [-0.3, -0.25) is 0 Å². The van der Waals surface area contributed by atoms with E-state index in [0.717, 1.165) is 0 Å². The molecule has 0 saturated carbocycles. The van der Waals surface area contributed by atoms with E-state index in [2.05, 4.69) is 4.98 Å². The third kappa shape index (κ3) is 2.46. The van der Waals surface area contributed by atoms with E-state index in [1.54, 1.807) is 11.8 Å². The molecule has 0 aliphatic heterocycles. The Morgan fingerprint density at radius 2 is 2.36 bits per heavy atom. The van der Waals surface area contributed by atoms with Crippen LogP contribution in [-0.4, -0.2) is 16.2 Å². The highest BCUT2D eigenvalue weighted by atomic mass is 32.2. The number of ether oxygens (including phenoxy) is 1. The summed E-state index contributed by atoms with van der Waals surface area (Å²) in [5.74, 6) is 0.532. The first kappa shape index (κ1) is 8.46. The van der Waals surface area contributed by atoms with Gasteiger partial charge in [0.05, 0.1) is 0 Å². The first-order valence-electron chi connectivity index (χ1n) is 3.26. The quantitative estimate of drug-likeness (QED) is 0.656. The average molecular weight is 173 g/mol. The molecule has 0 spiro atoms. The smallest absolute Gasteiger partial charge is 0.254 e. The Hall–Kier alpha value is -0.640. The summed E-state index contributed by atoms with van der Waals surface area (Å²) < 4.78 is 10.2.